The predicted octanol–water partition coefficient (Wildman–Crippen LogP) is 6.00. The normalized spacial score (nSPS) is 17.9. The molecule has 0 aliphatic carbocycles. The number of nitrogens with one attached hydrogen (secondary N) is 2. The third-order valence-corrected chi connectivity index (χ3v) is 10.5. The molecule has 49 heavy (non-hydrogen) atoms. The van der Waals surface area contributed by atoms with Crippen molar-refractivity contribution in [1.82, 2.24) is 24.6 Å². The average molecular weight is 702 g/mol. The zero-order chi connectivity index (χ0) is 35.1. The van der Waals surface area contributed by atoms with E-state index in [0.29, 0.717) is 22.9 Å². The van der Waals surface area contributed by atoms with Crippen molar-refractivity contribution < 1.29 is 32.9 Å². The summed E-state index contributed by atoms with van der Waals surface area (Å²) >= 11 is 0. The molecule has 1 amide bonds. The molecule has 270 valence electrons. The number of carbonyl (C=O) groups is 2. The van der Waals surface area contributed by atoms with Crippen molar-refractivity contribution in [2.24, 2.45) is 0 Å². The van der Waals surface area contributed by atoms with E-state index in [1.807, 2.05) is 0 Å². The molecule has 2 aromatic heterocycles. The summed E-state index contributed by atoms with van der Waals surface area (Å²) in [5.74, 6) is -0.493. The molecule has 1 aliphatic heterocycles. The Morgan fingerprint density at radius 2 is 1.69 bits per heavy atom. The number of unbranched alkanes of at least 4 members (excludes halogenated alkanes) is 10. The number of hydrogen-bond donors (Lipinski definition) is 3. The second-order valence-corrected chi connectivity index (χ2v) is 14.4. The number of anilines is 2. The highest BCUT2D eigenvalue weighted by Crippen LogP contribution is 2.43. The van der Waals surface area contributed by atoms with Gasteiger partial charge in [0.15, 0.2) is 29.5 Å². The number of benzene rings is 1. The number of fused-ring (bicyclic) bond motifs is 1. The van der Waals surface area contributed by atoms with Crippen molar-refractivity contribution >= 4 is 47.6 Å². The zero-order valence-electron chi connectivity index (χ0n) is 29.0. The quantitative estimate of drug-likeness (QED) is 0.0633. The molecule has 3 heterocycles. The second-order valence-electron chi connectivity index (χ2n) is 12.2. The van der Waals surface area contributed by atoms with Gasteiger partial charge in [-0.15, -0.1) is 0 Å². The minimum atomic E-state index is -3.73. The molecule has 4 rings (SSSR count). The molecule has 0 saturated carbocycles. The standard InChI is InChI=1S/C34H52N7O7P/c1-4-6-7-8-9-10-11-12-13-14-18-21-27(42)37-31-30-32(39-34(35)38-31)41(24-36-30)28-22-46-29(48-28)23-47-49(44,26-19-16-15-17-20-26)40-25(3)33(43)45-5-2/h15-17,19-20,24-25,28-29H,4-14,18,21-23H2,1-3H3,(H,40,44)(H3,35,37,38,39,42)/t25-,28+,29+,49?/m0/s1. The van der Waals surface area contributed by atoms with Crippen LogP contribution in [0.4, 0.5) is 11.8 Å². The Labute approximate surface area is 288 Å². The lowest BCUT2D eigenvalue weighted by molar-refractivity contribution is -0.144. The van der Waals surface area contributed by atoms with E-state index in [1.54, 1.807) is 48.7 Å². The van der Waals surface area contributed by atoms with Gasteiger partial charge in [0, 0.05) is 6.42 Å². The van der Waals surface area contributed by atoms with Gasteiger partial charge >= 0.3 is 13.5 Å². The highest BCUT2D eigenvalue weighted by Gasteiger charge is 2.35. The van der Waals surface area contributed by atoms with E-state index in [4.69, 9.17) is 24.5 Å². The lowest BCUT2D eigenvalue weighted by Crippen LogP contribution is -2.37. The van der Waals surface area contributed by atoms with Gasteiger partial charge in [0.1, 0.15) is 12.6 Å². The molecule has 14 nitrogen and oxygen atoms in total. The van der Waals surface area contributed by atoms with Crippen LogP contribution in [0.5, 0.6) is 0 Å². The number of aromatic nitrogens is 4. The van der Waals surface area contributed by atoms with Gasteiger partial charge in [0.25, 0.3) is 0 Å². The van der Waals surface area contributed by atoms with E-state index in [-0.39, 0.29) is 37.5 Å². The molecule has 0 bridgehead atoms. The van der Waals surface area contributed by atoms with Crippen LogP contribution in [0, 0.1) is 0 Å². The van der Waals surface area contributed by atoms with Crippen molar-refractivity contribution in [3.63, 3.8) is 0 Å². The number of esters is 1. The molecule has 1 aliphatic rings. The zero-order valence-corrected chi connectivity index (χ0v) is 29.9. The smallest absolute Gasteiger partial charge is 0.323 e. The van der Waals surface area contributed by atoms with Crippen LogP contribution in [-0.2, 0) is 32.9 Å². The molecule has 0 spiro atoms. The predicted molar refractivity (Wildman–Crippen MR) is 188 cm³/mol. The number of ether oxygens (including phenoxy) is 3. The van der Waals surface area contributed by atoms with Gasteiger partial charge in [-0.2, -0.15) is 9.97 Å². The van der Waals surface area contributed by atoms with Crippen LogP contribution in [0.25, 0.3) is 11.2 Å². The Kier molecular flexibility index (Phi) is 15.4. The van der Waals surface area contributed by atoms with Crippen LogP contribution in [0.2, 0.25) is 0 Å². The van der Waals surface area contributed by atoms with Crippen molar-refractivity contribution in [2.75, 3.05) is 30.9 Å². The summed E-state index contributed by atoms with van der Waals surface area (Å²) in [6, 6.07) is 7.67. The summed E-state index contributed by atoms with van der Waals surface area (Å²) in [5, 5.41) is 6.04. The van der Waals surface area contributed by atoms with Crippen LogP contribution in [0.3, 0.4) is 0 Å². The summed E-state index contributed by atoms with van der Waals surface area (Å²) in [7, 11) is -3.73. The summed E-state index contributed by atoms with van der Waals surface area (Å²) in [6.45, 7) is 5.61. The number of hydrogen-bond acceptors (Lipinski definition) is 11. The van der Waals surface area contributed by atoms with Crippen molar-refractivity contribution in [2.45, 2.75) is 116 Å². The molecule has 1 saturated heterocycles. The Bertz CT molecular complexity index is 1520. The van der Waals surface area contributed by atoms with E-state index < -0.39 is 32.0 Å². The van der Waals surface area contributed by atoms with Crippen LogP contribution in [0.15, 0.2) is 36.7 Å². The van der Waals surface area contributed by atoms with Crippen LogP contribution in [-0.4, -0.2) is 63.5 Å². The number of nitrogens with two attached hydrogens (primary N) is 1. The van der Waals surface area contributed by atoms with Crippen LogP contribution in [0.1, 0.15) is 104 Å². The fourth-order valence-electron chi connectivity index (χ4n) is 5.60. The number of imidazole rings is 1. The number of amides is 1. The molecular formula is C34H52N7O7P. The van der Waals surface area contributed by atoms with Gasteiger partial charge < -0.3 is 29.8 Å². The summed E-state index contributed by atoms with van der Waals surface area (Å²) in [5.41, 5.74) is 6.76. The van der Waals surface area contributed by atoms with Gasteiger partial charge in [-0.3, -0.25) is 18.7 Å². The number of nitrogen functional groups attached to an aromatic ring is 1. The monoisotopic (exact) mass is 701 g/mol. The molecule has 4 N–H and O–H groups in total. The van der Waals surface area contributed by atoms with Crippen molar-refractivity contribution in [1.29, 1.82) is 0 Å². The van der Waals surface area contributed by atoms with E-state index in [1.165, 1.54) is 57.7 Å². The molecular weight excluding hydrogens is 649 g/mol. The highest BCUT2D eigenvalue weighted by atomic mass is 31.2. The molecule has 1 aromatic carbocycles. The van der Waals surface area contributed by atoms with Gasteiger partial charge in [0.2, 0.25) is 11.9 Å². The molecule has 1 fully saturated rings. The number of carbonyl (C=O) groups excluding carboxylic acids is 2. The van der Waals surface area contributed by atoms with Crippen molar-refractivity contribution in [3.05, 3.63) is 36.7 Å². The summed E-state index contributed by atoms with van der Waals surface area (Å²) in [6.07, 6.45) is 13.6. The summed E-state index contributed by atoms with van der Waals surface area (Å²) < 4.78 is 38.4. The third kappa shape index (κ3) is 11.6. The molecule has 1 unspecified atom stereocenters. The van der Waals surface area contributed by atoms with Crippen LogP contribution < -0.4 is 21.4 Å². The molecule has 3 aromatic rings. The first-order valence-corrected chi connectivity index (χ1v) is 19.2. The van der Waals surface area contributed by atoms with Gasteiger partial charge in [0.05, 0.1) is 24.8 Å². The number of rotatable bonds is 22. The second kappa shape index (κ2) is 19.7. The Morgan fingerprint density at radius 1 is 1.02 bits per heavy atom. The molecule has 15 heteroatoms. The van der Waals surface area contributed by atoms with E-state index >= 15 is 0 Å². The lowest BCUT2D eigenvalue weighted by Gasteiger charge is -2.24. The van der Waals surface area contributed by atoms with E-state index in [0.717, 1.165) is 19.3 Å². The minimum Gasteiger partial charge on any atom is -0.465 e. The fraction of sp³-hybridized carbons (Fsp3) is 0.618. The van der Waals surface area contributed by atoms with E-state index in [2.05, 4.69) is 32.3 Å². The number of nitrogens with zero attached hydrogens (tertiary/aromatic N) is 4. The topological polar surface area (TPSA) is 182 Å². The first-order valence-electron chi connectivity index (χ1n) is 17.6. The fourth-order valence-corrected chi connectivity index (χ4v) is 7.49. The largest absolute Gasteiger partial charge is 0.465 e. The van der Waals surface area contributed by atoms with Gasteiger partial charge in [-0.25, -0.2) is 10.1 Å². The third-order valence-electron chi connectivity index (χ3n) is 8.24. The highest BCUT2D eigenvalue weighted by molar-refractivity contribution is 7.65. The van der Waals surface area contributed by atoms with Crippen molar-refractivity contribution in [3.8, 4) is 0 Å². The van der Waals surface area contributed by atoms with Gasteiger partial charge in [-0.1, -0.05) is 89.3 Å². The van der Waals surface area contributed by atoms with Gasteiger partial charge in [-0.05, 0) is 32.4 Å². The first kappa shape index (κ1) is 38.4. The minimum absolute atomic E-state index is 0.0244. The molecule has 0 radical (unpaired) electrons. The maximum atomic E-state index is 14.0. The van der Waals surface area contributed by atoms with Crippen LogP contribution >= 0.6 is 7.52 Å². The lowest BCUT2D eigenvalue weighted by atomic mass is 10.1. The summed E-state index contributed by atoms with van der Waals surface area (Å²) in [4.78, 5) is 38.0. The SMILES string of the molecule is CCCCCCCCCCCCCC(=O)Nc1nc(N)nc2c1ncn2[C@H]1CO[C@@H](COP(=O)(N[C@@H](C)C(=O)OCC)c2ccccc2)O1. The first-order chi connectivity index (χ1) is 23.7. The maximum Gasteiger partial charge on any atom is 0.323 e. The Balaban J connectivity index is 1.29. The Morgan fingerprint density at radius 3 is 2.37 bits per heavy atom. The van der Waals surface area contributed by atoms with E-state index in [9.17, 15) is 14.2 Å². The average Bonchev–Trinajstić information content (AvgIpc) is 3.74. The molecule has 4 atom stereocenters. The Hall–Kier alpha value is -3.42. The maximum absolute atomic E-state index is 14.0.